The minimum atomic E-state index is 0.520. The van der Waals surface area contributed by atoms with Crippen molar-refractivity contribution in [3.63, 3.8) is 0 Å². The predicted octanol–water partition coefficient (Wildman–Crippen LogP) is 3.51. The number of nitrogens with zero attached hydrogens (tertiary/aromatic N) is 2. The number of nitrogens with one attached hydrogen (secondary N) is 1. The van der Waals surface area contributed by atoms with Crippen LogP contribution in [-0.4, -0.2) is 28.5 Å². The maximum Gasteiger partial charge on any atom is 0.107 e. The Balaban J connectivity index is 1.92. The fourth-order valence-electron chi connectivity index (χ4n) is 3.04. The van der Waals surface area contributed by atoms with Gasteiger partial charge in [0, 0.05) is 37.1 Å². The zero-order chi connectivity index (χ0) is 14.7. The molecular formula is C16H29N3S. The first-order valence-electron chi connectivity index (χ1n) is 7.86. The van der Waals surface area contributed by atoms with Crippen LogP contribution in [-0.2, 0) is 13.1 Å². The van der Waals surface area contributed by atoms with Crippen molar-refractivity contribution >= 4 is 11.3 Å². The number of aromatic nitrogens is 1. The SMILES string of the molecule is CC1CC(C)C(C)N(Cc2csc(CNC(C)C)n2)C1. The van der Waals surface area contributed by atoms with Gasteiger partial charge in [0.15, 0.2) is 0 Å². The summed E-state index contributed by atoms with van der Waals surface area (Å²) < 4.78 is 0. The van der Waals surface area contributed by atoms with Gasteiger partial charge in [-0.05, 0) is 25.2 Å². The maximum absolute atomic E-state index is 4.78. The second kappa shape index (κ2) is 7.01. The molecule has 1 fully saturated rings. The van der Waals surface area contributed by atoms with E-state index in [0.29, 0.717) is 12.1 Å². The van der Waals surface area contributed by atoms with E-state index in [1.807, 2.05) is 0 Å². The highest BCUT2D eigenvalue weighted by Crippen LogP contribution is 2.28. The number of piperidine rings is 1. The summed E-state index contributed by atoms with van der Waals surface area (Å²) in [4.78, 5) is 7.38. The molecule has 1 N–H and O–H groups in total. The topological polar surface area (TPSA) is 28.2 Å². The van der Waals surface area contributed by atoms with Crippen LogP contribution in [0, 0.1) is 11.8 Å². The minimum Gasteiger partial charge on any atom is -0.308 e. The van der Waals surface area contributed by atoms with Crippen molar-refractivity contribution in [3.8, 4) is 0 Å². The largest absolute Gasteiger partial charge is 0.308 e. The first kappa shape index (κ1) is 15.9. The van der Waals surface area contributed by atoms with Gasteiger partial charge in [0.1, 0.15) is 5.01 Å². The molecule has 0 spiro atoms. The maximum atomic E-state index is 4.78. The number of hydrogen-bond acceptors (Lipinski definition) is 4. The molecule has 3 nitrogen and oxygen atoms in total. The fraction of sp³-hybridized carbons (Fsp3) is 0.812. The van der Waals surface area contributed by atoms with Gasteiger partial charge >= 0.3 is 0 Å². The van der Waals surface area contributed by atoms with E-state index in [1.54, 1.807) is 11.3 Å². The van der Waals surface area contributed by atoms with E-state index in [9.17, 15) is 0 Å². The van der Waals surface area contributed by atoms with Crippen molar-refractivity contribution in [2.75, 3.05) is 6.54 Å². The summed E-state index contributed by atoms with van der Waals surface area (Å²) in [5, 5.41) is 6.87. The van der Waals surface area contributed by atoms with Crippen LogP contribution in [0.4, 0.5) is 0 Å². The summed E-state index contributed by atoms with van der Waals surface area (Å²) in [6.07, 6.45) is 1.36. The average molecular weight is 295 g/mol. The molecule has 0 radical (unpaired) electrons. The Labute approximate surface area is 127 Å². The van der Waals surface area contributed by atoms with Gasteiger partial charge in [-0.1, -0.05) is 27.7 Å². The number of hydrogen-bond donors (Lipinski definition) is 1. The number of thiazole rings is 1. The summed E-state index contributed by atoms with van der Waals surface area (Å²) in [5.74, 6) is 1.60. The van der Waals surface area contributed by atoms with Crippen LogP contribution < -0.4 is 5.32 Å². The summed E-state index contributed by atoms with van der Waals surface area (Å²) in [7, 11) is 0. The highest BCUT2D eigenvalue weighted by atomic mass is 32.1. The Kier molecular flexibility index (Phi) is 5.58. The van der Waals surface area contributed by atoms with Gasteiger partial charge in [-0.25, -0.2) is 4.98 Å². The third-order valence-corrected chi connectivity index (χ3v) is 5.24. The lowest BCUT2D eigenvalue weighted by molar-refractivity contribution is 0.0720. The second-order valence-corrected chi connectivity index (χ2v) is 7.70. The van der Waals surface area contributed by atoms with Gasteiger partial charge in [-0.2, -0.15) is 0 Å². The highest BCUT2D eigenvalue weighted by Gasteiger charge is 2.28. The van der Waals surface area contributed by atoms with Crippen LogP contribution >= 0.6 is 11.3 Å². The normalized spacial score (nSPS) is 28.2. The Hall–Kier alpha value is -0.450. The molecule has 3 atom stereocenters. The first-order chi connectivity index (χ1) is 9.45. The van der Waals surface area contributed by atoms with Crippen LogP contribution in [0.25, 0.3) is 0 Å². The Bertz CT molecular complexity index is 416. The average Bonchev–Trinajstić information content (AvgIpc) is 2.80. The molecule has 1 aromatic heterocycles. The lowest BCUT2D eigenvalue weighted by atomic mass is 9.86. The molecule has 0 bridgehead atoms. The summed E-state index contributed by atoms with van der Waals surface area (Å²) in [6.45, 7) is 14.6. The quantitative estimate of drug-likeness (QED) is 0.901. The molecule has 20 heavy (non-hydrogen) atoms. The molecule has 0 aromatic carbocycles. The number of likely N-dealkylation sites (tertiary alicyclic amines) is 1. The predicted molar refractivity (Wildman–Crippen MR) is 86.9 cm³/mol. The lowest BCUT2D eigenvalue weighted by Crippen LogP contribution is -2.45. The van der Waals surface area contributed by atoms with Gasteiger partial charge in [-0.3, -0.25) is 4.90 Å². The molecule has 1 saturated heterocycles. The van der Waals surface area contributed by atoms with Crippen LogP contribution in [0.1, 0.15) is 51.7 Å². The van der Waals surface area contributed by atoms with Gasteiger partial charge in [0.2, 0.25) is 0 Å². The molecule has 1 aliphatic rings. The molecule has 0 aliphatic carbocycles. The third kappa shape index (κ3) is 4.27. The smallest absolute Gasteiger partial charge is 0.107 e. The number of rotatable bonds is 5. The van der Waals surface area contributed by atoms with E-state index in [0.717, 1.165) is 24.9 Å². The van der Waals surface area contributed by atoms with E-state index < -0.39 is 0 Å². The monoisotopic (exact) mass is 295 g/mol. The zero-order valence-corrected chi connectivity index (χ0v) is 14.3. The summed E-state index contributed by atoms with van der Waals surface area (Å²) in [5.41, 5.74) is 1.24. The first-order valence-corrected chi connectivity index (χ1v) is 8.74. The molecule has 0 amide bonds. The van der Waals surface area contributed by atoms with Gasteiger partial charge in [0.05, 0.1) is 5.69 Å². The molecule has 114 valence electrons. The standard InChI is InChI=1S/C16H29N3S/c1-11(2)17-7-16-18-15(10-20-16)9-19-8-12(3)6-13(4)14(19)5/h10-14,17H,6-9H2,1-5H3. The van der Waals surface area contributed by atoms with Gasteiger partial charge in [0.25, 0.3) is 0 Å². The van der Waals surface area contributed by atoms with Gasteiger partial charge in [-0.15, -0.1) is 11.3 Å². The van der Waals surface area contributed by atoms with Crippen LogP contribution in [0.3, 0.4) is 0 Å². The van der Waals surface area contributed by atoms with E-state index in [-0.39, 0.29) is 0 Å². The van der Waals surface area contributed by atoms with Crippen molar-refractivity contribution in [2.45, 2.75) is 66.2 Å². The summed E-state index contributed by atoms with van der Waals surface area (Å²) >= 11 is 1.78. The van der Waals surface area contributed by atoms with Crippen LogP contribution in [0.15, 0.2) is 5.38 Å². The Morgan fingerprint density at radius 2 is 2.15 bits per heavy atom. The van der Waals surface area contributed by atoms with Crippen molar-refractivity contribution in [3.05, 3.63) is 16.1 Å². The van der Waals surface area contributed by atoms with Crippen molar-refractivity contribution in [2.24, 2.45) is 11.8 Å². The second-order valence-electron chi connectivity index (χ2n) is 6.76. The zero-order valence-electron chi connectivity index (χ0n) is 13.5. The fourth-order valence-corrected chi connectivity index (χ4v) is 3.78. The minimum absolute atomic E-state index is 0.520. The third-order valence-electron chi connectivity index (χ3n) is 4.35. The van der Waals surface area contributed by atoms with Crippen LogP contribution in [0.5, 0.6) is 0 Å². The highest BCUT2D eigenvalue weighted by molar-refractivity contribution is 7.09. The molecule has 0 saturated carbocycles. The van der Waals surface area contributed by atoms with E-state index >= 15 is 0 Å². The molecule has 2 heterocycles. The van der Waals surface area contributed by atoms with E-state index in [1.165, 1.54) is 23.7 Å². The molecule has 1 aliphatic heterocycles. The molecular weight excluding hydrogens is 266 g/mol. The molecule has 3 unspecified atom stereocenters. The van der Waals surface area contributed by atoms with Crippen molar-refractivity contribution in [1.82, 2.24) is 15.2 Å². The lowest BCUT2D eigenvalue weighted by Gasteiger charge is -2.40. The Morgan fingerprint density at radius 1 is 1.40 bits per heavy atom. The van der Waals surface area contributed by atoms with Gasteiger partial charge < -0.3 is 5.32 Å². The Morgan fingerprint density at radius 3 is 2.85 bits per heavy atom. The molecule has 2 rings (SSSR count). The van der Waals surface area contributed by atoms with Crippen molar-refractivity contribution < 1.29 is 0 Å². The molecule has 4 heteroatoms. The van der Waals surface area contributed by atoms with E-state index in [2.05, 4.69) is 50.2 Å². The van der Waals surface area contributed by atoms with E-state index in [4.69, 9.17) is 4.98 Å². The van der Waals surface area contributed by atoms with Crippen molar-refractivity contribution in [1.29, 1.82) is 0 Å². The van der Waals surface area contributed by atoms with Crippen LogP contribution in [0.2, 0.25) is 0 Å². The molecule has 1 aromatic rings. The summed E-state index contributed by atoms with van der Waals surface area (Å²) in [6, 6.07) is 1.19.